The number of aliphatic imine (C=N–C) groups is 1. The van der Waals surface area contributed by atoms with Crippen LogP contribution in [0.1, 0.15) is 55.1 Å². The average Bonchev–Trinajstić information content (AvgIpc) is 3.31. The Bertz CT molecular complexity index is 1420. The lowest BCUT2D eigenvalue weighted by molar-refractivity contribution is -0.147. The standard InChI is InChI=1S/C26H23ClN2O5/c1-29-18-10-6-5-9-17(18)26(32,25(29)31)23-20-21(30)16-13-14(27)11-12-19(16)33-22(20)24(34-23)28-15-7-3-2-4-8-15/h5-6,9-13,15,23,32H,2-4,7-8H2,1H3/t23-,26-/m1/s1. The van der Waals surface area contributed by atoms with Crippen LogP contribution in [0.3, 0.4) is 0 Å². The number of hydrogen-bond donors (Lipinski definition) is 1. The minimum atomic E-state index is -2.11. The van der Waals surface area contributed by atoms with Gasteiger partial charge in [-0.05, 0) is 37.1 Å². The minimum absolute atomic E-state index is 0.0328. The van der Waals surface area contributed by atoms with Crippen molar-refractivity contribution in [3.05, 3.63) is 74.6 Å². The molecule has 2 aliphatic heterocycles. The molecule has 1 amide bonds. The highest BCUT2D eigenvalue weighted by Gasteiger charge is 2.60. The largest absolute Gasteiger partial charge is 0.463 e. The smallest absolute Gasteiger partial charge is 0.267 e. The van der Waals surface area contributed by atoms with Crippen molar-refractivity contribution >= 4 is 40.1 Å². The zero-order valence-corrected chi connectivity index (χ0v) is 19.3. The van der Waals surface area contributed by atoms with Crippen LogP contribution in [-0.4, -0.2) is 30.0 Å². The molecule has 3 heterocycles. The summed E-state index contributed by atoms with van der Waals surface area (Å²) in [5.41, 5.74) is -1.13. The molecule has 2 atom stereocenters. The van der Waals surface area contributed by atoms with Gasteiger partial charge in [-0.25, -0.2) is 4.99 Å². The van der Waals surface area contributed by atoms with Gasteiger partial charge in [0.05, 0.1) is 22.7 Å². The van der Waals surface area contributed by atoms with Gasteiger partial charge in [0, 0.05) is 17.6 Å². The maximum atomic E-state index is 13.7. The lowest BCUT2D eigenvalue weighted by atomic mass is 9.85. The number of carbonyl (C=O) groups is 1. The number of nitrogens with zero attached hydrogens (tertiary/aromatic N) is 2. The second kappa shape index (κ2) is 7.68. The van der Waals surface area contributed by atoms with Gasteiger partial charge in [0.1, 0.15) is 5.58 Å². The van der Waals surface area contributed by atoms with Gasteiger partial charge < -0.3 is 19.2 Å². The van der Waals surface area contributed by atoms with Crippen molar-refractivity contribution in [1.82, 2.24) is 0 Å². The van der Waals surface area contributed by atoms with E-state index < -0.39 is 23.0 Å². The first-order valence-corrected chi connectivity index (χ1v) is 11.9. The first-order chi connectivity index (χ1) is 16.4. The Morgan fingerprint density at radius 1 is 1.12 bits per heavy atom. The third-order valence-corrected chi connectivity index (χ3v) is 7.37. The molecule has 1 fully saturated rings. The predicted molar refractivity (Wildman–Crippen MR) is 128 cm³/mol. The van der Waals surface area contributed by atoms with Crippen molar-refractivity contribution in [2.75, 3.05) is 11.9 Å². The molecule has 0 saturated heterocycles. The number of ether oxygens (including phenoxy) is 1. The Hall–Kier alpha value is -3.16. The molecule has 7 nitrogen and oxygen atoms in total. The van der Waals surface area contributed by atoms with Gasteiger partial charge in [-0.1, -0.05) is 49.1 Å². The SMILES string of the molecule is CN1C(=O)[C@](O)([C@@H]2OC(=NC3CCCCC3)c3oc4ccc(Cl)cc4c(=O)c32)c2ccccc21. The van der Waals surface area contributed by atoms with Gasteiger partial charge in [0.2, 0.25) is 11.0 Å². The van der Waals surface area contributed by atoms with Crippen LogP contribution >= 0.6 is 11.6 Å². The number of likely N-dealkylation sites (N-methyl/N-ethyl adjacent to an activating group) is 1. The number of amides is 1. The van der Waals surface area contributed by atoms with E-state index in [1.54, 1.807) is 43.4 Å². The van der Waals surface area contributed by atoms with E-state index in [-0.39, 0.29) is 28.6 Å². The molecule has 0 radical (unpaired) electrons. The van der Waals surface area contributed by atoms with E-state index in [1.807, 2.05) is 0 Å². The highest BCUT2D eigenvalue weighted by molar-refractivity contribution is 6.31. The van der Waals surface area contributed by atoms with E-state index in [0.29, 0.717) is 21.9 Å². The molecule has 0 spiro atoms. The normalized spacial score (nSPS) is 25.6. The molecular weight excluding hydrogens is 456 g/mol. The summed E-state index contributed by atoms with van der Waals surface area (Å²) in [5.74, 6) is -0.244. The van der Waals surface area contributed by atoms with E-state index >= 15 is 0 Å². The summed E-state index contributed by atoms with van der Waals surface area (Å²) >= 11 is 6.15. The van der Waals surface area contributed by atoms with Crippen molar-refractivity contribution < 1.29 is 19.1 Å². The van der Waals surface area contributed by atoms with Crippen molar-refractivity contribution in [2.24, 2.45) is 4.99 Å². The number of aliphatic hydroxyl groups is 1. The Kier molecular flexibility index (Phi) is 4.83. The van der Waals surface area contributed by atoms with Crippen molar-refractivity contribution in [3.63, 3.8) is 0 Å². The molecule has 34 heavy (non-hydrogen) atoms. The van der Waals surface area contributed by atoms with Crippen molar-refractivity contribution in [1.29, 1.82) is 0 Å². The van der Waals surface area contributed by atoms with Gasteiger partial charge in [-0.15, -0.1) is 0 Å². The van der Waals surface area contributed by atoms with Gasteiger partial charge in [-0.2, -0.15) is 0 Å². The van der Waals surface area contributed by atoms with Crippen LogP contribution in [0.2, 0.25) is 5.02 Å². The van der Waals surface area contributed by atoms with Crippen molar-refractivity contribution in [3.8, 4) is 0 Å². The number of para-hydroxylation sites is 1. The zero-order valence-electron chi connectivity index (χ0n) is 18.6. The summed E-state index contributed by atoms with van der Waals surface area (Å²) in [7, 11) is 1.59. The number of benzene rings is 2. The molecular formula is C26H23ClN2O5. The molecule has 0 unspecified atom stereocenters. The maximum Gasteiger partial charge on any atom is 0.267 e. The Morgan fingerprint density at radius 3 is 2.68 bits per heavy atom. The van der Waals surface area contributed by atoms with E-state index in [0.717, 1.165) is 25.7 Å². The van der Waals surface area contributed by atoms with Crippen LogP contribution < -0.4 is 10.3 Å². The summed E-state index contributed by atoms with van der Waals surface area (Å²) in [6.45, 7) is 0. The molecule has 1 N–H and O–H groups in total. The van der Waals surface area contributed by atoms with E-state index in [2.05, 4.69) is 0 Å². The highest BCUT2D eigenvalue weighted by atomic mass is 35.5. The van der Waals surface area contributed by atoms with Crippen molar-refractivity contribution in [2.45, 2.75) is 49.9 Å². The first-order valence-electron chi connectivity index (χ1n) is 11.5. The molecule has 2 aromatic carbocycles. The number of halogens is 1. The van der Waals surface area contributed by atoms with Crippen LogP contribution in [-0.2, 0) is 15.1 Å². The highest BCUT2D eigenvalue weighted by Crippen LogP contribution is 2.51. The van der Waals surface area contributed by atoms with E-state index in [4.69, 9.17) is 25.7 Å². The Morgan fingerprint density at radius 2 is 1.88 bits per heavy atom. The lowest BCUT2D eigenvalue weighted by Crippen LogP contribution is -2.44. The van der Waals surface area contributed by atoms with Gasteiger partial charge in [-0.3, -0.25) is 9.59 Å². The molecule has 0 bridgehead atoms. The Labute approximate surface area is 200 Å². The summed E-state index contributed by atoms with van der Waals surface area (Å²) in [4.78, 5) is 33.3. The van der Waals surface area contributed by atoms with Gasteiger partial charge in [0.25, 0.3) is 11.8 Å². The Balaban J connectivity index is 1.59. The number of fused-ring (bicyclic) bond motifs is 3. The molecule has 174 valence electrons. The molecule has 8 heteroatoms. The molecule has 6 rings (SSSR count). The van der Waals surface area contributed by atoms with Crippen LogP contribution in [0.25, 0.3) is 11.0 Å². The second-order valence-corrected chi connectivity index (χ2v) is 9.62. The summed E-state index contributed by atoms with van der Waals surface area (Å²) < 4.78 is 12.3. The summed E-state index contributed by atoms with van der Waals surface area (Å²) in [6.07, 6.45) is 3.82. The number of rotatable bonds is 2. The monoisotopic (exact) mass is 478 g/mol. The molecule has 1 aromatic heterocycles. The average molecular weight is 479 g/mol. The van der Waals surface area contributed by atoms with Crippen LogP contribution in [0, 0.1) is 0 Å². The van der Waals surface area contributed by atoms with Crippen LogP contribution in [0.15, 0.2) is 56.7 Å². The second-order valence-electron chi connectivity index (χ2n) is 9.19. The topological polar surface area (TPSA) is 92.3 Å². The fourth-order valence-electron chi connectivity index (χ4n) is 5.38. The number of anilines is 1. The zero-order chi connectivity index (χ0) is 23.6. The third-order valence-electron chi connectivity index (χ3n) is 7.13. The van der Waals surface area contributed by atoms with Gasteiger partial charge >= 0.3 is 0 Å². The maximum absolute atomic E-state index is 13.7. The fraction of sp³-hybridized carbons (Fsp3) is 0.346. The van der Waals surface area contributed by atoms with Crippen LogP contribution in [0.4, 0.5) is 5.69 Å². The molecule has 1 saturated carbocycles. The first kappa shape index (κ1) is 21.4. The molecule has 1 aliphatic carbocycles. The fourth-order valence-corrected chi connectivity index (χ4v) is 5.56. The van der Waals surface area contributed by atoms with E-state index in [9.17, 15) is 14.7 Å². The van der Waals surface area contributed by atoms with E-state index in [1.165, 1.54) is 17.4 Å². The third kappa shape index (κ3) is 2.96. The summed E-state index contributed by atoms with van der Waals surface area (Å²) in [5, 5.41) is 12.6. The summed E-state index contributed by atoms with van der Waals surface area (Å²) in [6, 6.07) is 11.8. The quantitative estimate of drug-likeness (QED) is 0.587. The molecule has 3 aromatic rings. The van der Waals surface area contributed by atoms with Gasteiger partial charge in [0.15, 0.2) is 11.9 Å². The lowest BCUT2D eigenvalue weighted by Gasteiger charge is -2.28. The molecule has 3 aliphatic rings. The van der Waals surface area contributed by atoms with Crippen LogP contribution in [0.5, 0.6) is 0 Å². The predicted octanol–water partition coefficient (Wildman–Crippen LogP) is 4.46. The number of hydrogen-bond acceptors (Lipinski definition) is 6. The minimum Gasteiger partial charge on any atom is -0.463 e. The number of carbonyl (C=O) groups excluding carboxylic acids is 1.